The van der Waals surface area contributed by atoms with Crippen molar-refractivity contribution in [1.82, 2.24) is 15.1 Å². The first-order valence-electron chi connectivity index (χ1n) is 8.60. The third kappa shape index (κ3) is 3.40. The summed E-state index contributed by atoms with van der Waals surface area (Å²) < 4.78 is 0. The second-order valence-electron chi connectivity index (χ2n) is 7.16. The maximum Gasteiger partial charge on any atom is 0.325 e. The van der Waals surface area contributed by atoms with E-state index in [1.54, 1.807) is 24.0 Å². The number of carbonyl (C=O) groups is 3. The number of rotatable bonds is 3. The van der Waals surface area contributed by atoms with Crippen molar-refractivity contribution in [1.29, 1.82) is 0 Å². The van der Waals surface area contributed by atoms with Crippen LogP contribution in [-0.4, -0.2) is 47.3 Å². The molecule has 2 aliphatic heterocycles. The summed E-state index contributed by atoms with van der Waals surface area (Å²) in [7, 11) is 0. The van der Waals surface area contributed by atoms with Gasteiger partial charge < -0.3 is 10.2 Å². The van der Waals surface area contributed by atoms with Crippen LogP contribution >= 0.6 is 23.2 Å². The molecule has 1 aromatic rings. The van der Waals surface area contributed by atoms with Gasteiger partial charge in [0.15, 0.2) is 0 Å². The second-order valence-corrected chi connectivity index (χ2v) is 8.00. The predicted octanol–water partition coefficient (Wildman–Crippen LogP) is 3.02. The van der Waals surface area contributed by atoms with Gasteiger partial charge in [-0.25, -0.2) is 4.79 Å². The Hall–Kier alpha value is -1.79. The smallest absolute Gasteiger partial charge is 0.325 e. The van der Waals surface area contributed by atoms with Gasteiger partial charge in [-0.2, -0.15) is 0 Å². The van der Waals surface area contributed by atoms with Crippen molar-refractivity contribution < 1.29 is 14.4 Å². The second kappa shape index (κ2) is 7.08. The number of urea groups is 1. The van der Waals surface area contributed by atoms with E-state index in [1.165, 1.54) is 6.07 Å². The molecule has 3 rings (SSSR count). The van der Waals surface area contributed by atoms with Crippen LogP contribution in [0.4, 0.5) is 4.79 Å². The number of piperidine rings is 1. The first-order chi connectivity index (χ1) is 12.2. The number of likely N-dealkylation sites (tertiary alicyclic amines) is 1. The minimum absolute atomic E-state index is 0.216. The number of benzene rings is 1. The fourth-order valence-corrected chi connectivity index (χ4v) is 4.17. The number of halogens is 2. The zero-order valence-corrected chi connectivity index (χ0v) is 16.2. The Balaban J connectivity index is 1.79. The fourth-order valence-electron chi connectivity index (χ4n) is 3.57. The van der Waals surface area contributed by atoms with E-state index in [2.05, 4.69) is 12.2 Å². The Morgan fingerprint density at radius 1 is 1.35 bits per heavy atom. The van der Waals surface area contributed by atoms with Gasteiger partial charge in [0.1, 0.15) is 12.1 Å². The summed E-state index contributed by atoms with van der Waals surface area (Å²) in [4.78, 5) is 40.6. The summed E-state index contributed by atoms with van der Waals surface area (Å²) >= 11 is 12.1. The summed E-state index contributed by atoms with van der Waals surface area (Å²) in [5.74, 6) is -0.287. The highest BCUT2D eigenvalue weighted by Crippen LogP contribution is 2.35. The summed E-state index contributed by atoms with van der Waals surface area (Å²) in [6.45, 7) is 4.72. The Morgan fingerprint density at radius 3 is 2.73 bits per heavy atom. The van der Waals surface area contributed by atoms with Gasteiger partial charge in [-0.1, -0.05) is 36.2 Å². The number of nitrogens with one attached hydrogen (secondary N) is 1. The third-order valence-electron chi connectivity index (χ3n) is 5.05. The fraction of sp³-hybridized carbons (Fsp3) is 0.500. The van der Waals surface area contributed by atoms with Gasteiger partial charge in [0, 0.05) is 28.7 Å². The SMILES string of the molecule is C[C@H]1CCCN(C(=O)CN2C(=O)N[C@@](C)(c3ccc(Cl)cc3Cl)C2=O)C1. The Kier molecular flexibility index (Phi) is 5.17. The van der Waals surface area contributed by atoms with Crippen molar-refractivity contribution in [3.63, 3.8) is 0 Å². The van der Waals surface area contributed by atoms with Gasteiger partial charge in [0.05, 0.1) is 0 Å². The van der Waals surface area contributed by atoms with E-state index in [9.17, 15) is 14.4 Å². The average Bonchev–Trinajstić information content (AvgIpc) is 2.78. The molecule has 1 aromatic carbocycles. The molecule has 2 fully saturated rings. The van der Waals surface area contributed by atoms with E-state index in [1.807, 2.05) is 0 Å². The molecule has 0 saturated carbocycles. The minimum atomic E-state index is -1.33. The molecule has 0 spiro atoms. The first kappa shape index (κ1) is 19.0. The predicted molar refractivity (Wildman–Crippen MR) is 99.0 cm³/mol. The monoisotopic (exact) mass is 397 g/mol. The van der Waals surface area contributed by atoms with Crippen LogP contribution in [0.2, 0.25) is 10.0 Å². The first-order valence-corrected chi connectivity index (χ1v) is 9.35. The van der Waals surface area contributed by atoms with E-state index in [0.29, 0.717) is 29.6 Å². The zero-order valence-electron chi connectivity index (χ0n) is 14.7. The zero-order chi connectivity index (χ0) is 19.1. The van der Waals surface area contributed by atoms with E-state index >= 15 is 0 Å². The van der Waals surface area contributed by atoms with Gasteiger partial charge in [-0.05, 0) is 37.8 Å². The molecule has 2 atom stereocenters. The minimum Gasteiger partial charge on any atom is -0.341 e. The standard InChI is InChI=1S/C18H21Cl2N3O3/c1-11-4-3-7-22(9-11)15(24)10-23-16(25)18(2,21-17(23)26)13-6-5-12(19)8-14(13)20/h5-6,8,11H,3-4,7,9-10H2,1-2H3,(H,21,26)/t11-,18-/m0/s1. The lowest BCUT2D eigenvalue weighted by Gasteiger charge is -2.32. The van der Waals surface area contributed by atoms with Crippen LogP contribution in [0, 0.1) is 5.92 Å². The van der Waals surface area contributed by atoms with E-state index in [-0.39, 0.29) is 17.5 Å². The molecule has 4 amide bonds. The number of nitrogens with zero attached hydrogens (tertiary/aromatic N) is 2. The number of carbonyl (C=O) groups excluding carboxylic acids is 3. The van der Waals surface area contributed by atoms with E-state index in [4.69, 9.17) is 23.2 Å². The Morgan fingerprint density at radius 2 is 2.08 bits per heavy atom. The van der Waals surface area contributed by atoms with Gasteiger partial charge in [-0.15, -0.1) is 0 Å². The van der Waals surface area contributed by atoms with E-state index < -0.39 is 17.5 Å². The highest BCUT2D eigenvalue weighted by molar-refractivity contribution is 6.35. The summed E-state index contributed by atoms with van der Waals surface area (Å²) in [6.07, 6.45) is 2.02. The molecule has 0 aliphatic carbocycles. The molecule has 1 N–H and O–H groups in total. The number of hydrogen-bond acceptors (Lipinski definition) is 3. The van der Waals surface area contributed by atoms with E-state index in [0.717, 1.165) is 17.7 Å². The number of hydrogen-bond donors (Lipinski definition) is 1. The Labute approximate surface area is 162 Å². The van der Waals surface area contributed by atoms with Crippen LogP contribution < -0.4 is 5.32 Å². The van der Waals surface area contributed by atoms with Crippen molar-refractivity contribution in [2.45, 2.75) is 32.2 Å². The molecule has 26 heavy (non-hydrogen) atoms. The summed E-state index contributed by atoms with van der Waals surface area (Å²) in [5.41, 5.74) is -0.878. The molecule has 0 bridgehead atoms. The van der Waals surface area contributed by atoms with Crippen LogP contribution in [0.1, 0.15) is 32.3 Å². The molecule has 2 aliphatic rings. The molecule has 2 heterocycles. The third-order valence-corrected chi connectivity index (χ3v) is 5.60. The van der Waals surface area contributed by atoms with Crippen molar-refractivity contribution >= 4 is 41.0 Å². The lowest BCUT2D eigenvalue weighted by molar-refractivity contribution is -0.139. The molecule has 0 aromatic heterocycles. The lowest BCUT2D eigenvalue weighted by Crippen LogP contribution is -2.47. The molecule has 6 nitrogen and oxygen atoms in total. The van der Waals surface area contributed by atoms with Crippen molar-refractivity contribution in [3.8, 4) is 0 Å². The van der Waals surface area contributed by atoms with Gasteiger partial charge in [0.25, 0.3) is 5.91 Å². The van der Waals surface area contributed by atoms with Crippen molar-refractivity contribution in [2.24, 2.45) is 5.92 Å². The van der Waals surface area contributed by atoms with Gasteiger partial charge in [0.2, 0.25) is 5.91 Å². The van der Waals surface area contributed by atoms with Crippen LogP contribution in [0.3, 0.4) is 0 Å². The molecule has 140 valence electrons. The molecular weight excluding hydrogens is 377 g/mol. The largest absolute Gasteiger partial charge is 0.341 e. The molecule has 0 radical (unpaired) electrons. The summed E-state index contributed by atoms with van der Waals surface area (Å²) in [6, 6.07) is 4.14. The van der Waals surface area contributed by atoms with Crippen LogP contribution in [0.25, 0.3) is 0 Å². The maximum absolute atomic E-state index is 12.9. The maximum atomic E-state index is 12.9. The molecular formula is C18H21Cl2N3O3. The average molecular weight is 398 g/mol. The molecule has 0 unspecified atom stereocenters. The van der Waals surface area contributed by atoms with Gasteiger partial charge >= 0.3 is 6.03 Å². The van der Waals surface area contributed by atoms with Crippen molar-refractivity contribution in [2.75, 3.05) is 19.6 Å². The summed E-state index contributed by atoms with van der Waals surface area (Å²) in [5, 5.41) is 3.38. The molecule has 8 heteroatoms. The van der Waals surface area contributed by atoms with Crippen LogP contribution in [0.15, 0.2) is 18.2 Å². The quantitative estimate of drug-likeness (QED) is 0.796. The van der Waals surface area contributed by atoms with Gasteiger partial charge in [-0.3, -0.25) is 14.5 Å². The normalized spacial score (nSPS) is 26.2. The lowest BCUT2D eigenvalue weighted by atomic mass is 9.92. The van der Waals surface area contributed by atoms with Crippen LogP contribution in [0.5, 0.6) is 0 Å². The highest BCUT2D eigenvalue weighted by atomic mass is 35.5. The molecule has 2 saturated heterocycles. The topological polar surface area (TPSA) is 69.7 Å². The van der Waals surface area contributed by atoms with Crippen LogP contribution in [-0.2, 0) is 15.1 Å². The van der Waals surface area contributed by atoms with Crippen molar-refractivity contribution in [3.05, 3.63) is 33.8 Å². The highest BCUT2D eigenvalue weighted by Gasteiger charge is 2.50. The Bertz CT molecular complexity index is 770. The number of imide groups is 1. The number of amides is 4.